The molecule has 2 N–H and O–H groups in total. The fraction of sp³-hybridized carbons (Fsp3) is 0.136. The minimum absolute atomic E-state index is 0.113. The monoisotopic (exact) mass is 472 g/mol. The number of anilines is 1. The number of aromatic amines is 1. The molecule has 0 aliphatic rings. The van der Waals surface area contributed by atoms with Crippen molar-refractivity contribution in [1.29, 1.82) is 0 Å². The van der Waals surface area contributed by atoms with Crippen molar-refractivity contribution in [2.24, 2.45) is 0 Å². The molecule has 1 amide bonds. The lowest BCUT2D eigenvalue weighted by Crippen LogP contribution is -2.31. The van der Waals surface area contributed by atoms with E-state index in [9.17, 15) is 9.59 Å². The first kappa shape index (κ1) is 21.5. The van der Waals surface area contributed by atoms with E-state index in [1.54, 1.807) is 42.3 Å². The van der Waals surface area contributed by atoms with Crippen LogP contribution in [0.15, 0.2) is 58.7 Å². The van der Waals surface area contributed by atoms with E-state index in [1.807, 2.05) is 23.6 Å². The Labute approximate surface area is 192 Å². The average Bonchev–Trinajstić information content (AvgIpc) is 3.14. The number of aromatic nitrogens is 2. The summed E-state index contributed by atoms with van der Waals surface area (Å²) in [6.45, 7) is 0.419. The Bertz CT molecular complexity index is 1320. The molecule has 4 aromatic rings. The third kappa shape index (κ3) is 4.80. The number of amides is 1. The van der Waals surface area contributed by atoms with E-state index in [2.05, 4.69) is 15.3 Å². The van der Waals surface area contributed by atoms with Gasteiger partial charge in [0.2, 0.25) is 5.91 Å². The molecule has 0 aliphatic heterocycles. The molecule has 31 heavy (non-hydrogen) atoms. The largest absolute Gasteiger partial charge is 0.324 e. The van der Waals surface area contributed by atoms with Crippen molar-refractivity contribution in [2.75, 3.05) is 18.9 Å². The van der Waals surface area contributed by atoms with Crippen molar-refractivity contribution in [2.45, 2.75) is 6.54 Å². The quantitative estimate of drug-likeness (QED) is 0.412. The third-order valence-corrected chi connectivity index (χ3v) is 6.17. The zero-order valence-electron chi connectivity index (χ0n) is 16.5. The Morgan fingerprint density at radius 1 is 1.10 bits per heavy atom. The van der Waals surface area contributed by atoms with Crippen LogP contribution in [0.5, 0.6) is 0 Å². The summed E-state index contributed by atoms with van der Waals surface area (Å²) in [4.78, 5) is 34.9. The molecule has 2 aromatic heterocycles. The second-order valence-corrected chi connectivity index (χ2v) is 8.69. The van der Waals surface area contributed by atoms with Crippen LogP contribution in [0.2, 0.25) is 10.0 Å². The lowest BCUT2D eigenvalue weighted by molar-refractivity contribution is -0.117. The summed E-state index contributed by atoms with van der Waals surface area (Å²) < 4.78 is 0. The Hall–Kier alpha value is -2.71. The molecule has 9 heteroatoms. The standard InChI is InChI=1S/C22H18Cl2N4O2S/c1-28(11-19(29)25-17-9-5-4-8-16(17)24)10-18-26-21(30)20-14(12-31-22(20)27-18)13-6-2-3-7-15(13)23/h2-9,12H,10-11H2,1H3,(H,25,29)(H,26,27,30). The van der Waals surface area contributed by atoms with Gasteiger partial charge in [-0.15, -0.1) is 11.3 Å². The van der Waals surface area contributed by atoms with Gasteiger partial charge in [0.15, 0.2) is 0 Å². The summed E-state index contributed by atoms with van der Waals surface area (Å²) in [7, 11) is 1.78. The molecular weight excluding hydrogens is 455 g/mol. The first-order chi connectivity index (χ1) is 14.9. The van der Waals surface area contributed by atoms with Crippen molar-refractivity contribution in [3.63, 3.8) is 0 Å². The summed E-state index contributed by atoms with van der Waals surface area (Å²) in [5, 5.41) is 6.23. The van der Waals surface area contributed by atoms with Gasteiger partial charge in [-0.25, -0.2) is 4.98 Å². The lowest BCUT2D eigenvalue weighted by atomic mass is 10.1. The van der Waals surface area contributed by atoms with Gasteiger partial charge in [-0.1, -0.05) is 53.5 Å². The van der Waals surface area contributed by atoms with E-state index >= 15 is 0 Å². The van der Waals surface area contributed by atoms with E-state index in [-0.39, 0.29) is 18.0 Å². The Morgan fingerprint density at radius 3 is 2.55 bits per heavy atom. The summed E-state index contributed by atoms with van der Waals surface area (Å²) in [6.07, 6.45) is 0. The number of carbonyl (C=O) groups is 1. The fourth-order valence-corrected chi connectivity index (χ4v) is 4.63. The van der Waals surface area contributed by atoms with Crippen molar-refractivity contribution in [1.82, 2.24) is 14.9 Å². The normalized spacial score (nSPS) is 11.2. The highest BCUT2D eigenvalue weighted by Crippen LogP contribution is 2.34. The third-order valence-electron chi connectivity index (χ3n) is 4.64. The molecule has 2 heterocycles. The number of hydrogen-bond donors (Lipinski definition) is 2. The molecule has 6 nitrogen and oxygen atoms in total. The molecule has 0 radical (unpaired) electrons. The number of halogens is 2. The number of fused-ring (bicyclic) bond motifs is 1. The molecule has 4 rings (SSSR count). The lowest BCUT2D eigenvalue weighted by Gasteiger charge is -2.16. The van der Waals surface area contributed by atoms with Crippen LogP contribution < -0.4 is 10.9 Å². The van der Waals surface area contributed by atoms with E-state index < -0.39 is 0 Å². The van der Waals surface area contributed by atoms with Gasteiger partial charge in [0, 0.05) is 21.5 Å². The minimum atomic E-state index is -0.231. The van der Waals surface area contributed by atoms with E-state index in [0.717, 1.165) is 11.1 Å². The van der Waals surface area contributed by atoms with Crippen molar-refractivity contribution < 1.29 is 4.79 Å². The number of rotatable bonds is 6. The highest BCUT2D eigenvalue weighted by Gasteiger charge is 2.16. The minimum Gasteiger partial charge on any atom is -0.324 e. The number of carbonyl (C=O) groups excluding carboxylic acids is 1. The van der Waals surface area contributed by atoms with Gasteiger partial charge >= 0.3 is 0 Å². The number of hydrogen-bond acceptors (Lipinski definition) is 5. The van der Waals surface area contributed by atoms with Crippen LogP contribution in [0.4, 0.5) is 5.69 Å². The number of likely N-dealkylation sites (N-methyl/N-ethyl adjacent to an activating group) is 1. The first-order valence-electron chi connectivity index (χ1n) is 9.40. The molecule has 0 saturated carbocycles. The summed E-state index contributed by atoms with van der Waals surface area (Å²) in [5.74, 6) is 0.272. The van der Waals surface area contributed by atoms with Crippen LogP contribution in [-0.4, -0.2) is 34.4 Å². The molecule has 0 spiro atoms. The Balaban J connectivity index is 1.50. The zero-order valence-corrected chi connectivity index (χ0v) is 18.8. The highest BCUT2D eigenvalue weighted by atomic mass is 35.5. The van der Waals surface area contributed by atoms with E-state index in [4.69, 9.17) is 23.2 Å². The summed E-state index contributed by atoms with van der Waals surface area (Å²) in [6, 6.07) is 14.4. The molecule has 158 valence electrons. The topological polar surface area (TPSA) is 78.1 Å². The van der Waals surface area contributed by atoms with Crippen molar-refractivity contribution in [3.05, 3.63) is 80.1 Å². The van der Waals surface area contributed by atoms with Gasteiger partial charge in [-0.05, 0) is 25.2 Å². The summed E-state index contributed by atoms with van der Waals surface area (Å²) >= 11 is 13.8. The second kappa shape index (κ2) is 9.20. The van der Waals surface area contributed by atoms with Gasteiger partial charge < -0.3 is 10.3 Å². The second-order valence-electron chi connectivity index (χ2n) is 7.02. The van der Waals surface area contributed by atoms with Crippen molar-refractivity contribution >= 4 is 56.3 Å². The van der Waals surface area contributed by atoms with Gasteiger partial charge in [0.25, 0.3) is 5.56 Å². The van der Waals surface area contributed by atoms with Crippen LogP contribution >= 0.6 is 34.5 Å². The van der Waals surface area contributed by atoms with Crippen LogP contribution in [0, 0.1) is 0 Å². The molecule has 0 unspecified atom stereocenters. The van der Waals surface area contributed by atoms with Crippen LogP contribution in [-0.2, 0) is 11.3 Å². The molecule has 0 aliphatic carbocycles. The van der Waals surface area contributed by atoms with Gasteiger partial charge in [-0.2, -0.15) is 0 Å². The molecule has 0 atom stereocenters. The molecular formula is C22H18Cl2N4O2S. The molecule has 0 saturated heterocycles. The van der Waals surface area contributed by atoms with Gasteiger partial charge in [-0.3, -0.25) is 14.5 Å². The number of nitrogens with zero attached hydrogens (tertiary/aromatic N) is 2. The number of H-pyrrole nitrogens is 1. The van der Waals surface area contributed by atoms with Crippen LogP contribution in [0.3, 0.4) is 0 Å². The highest BCUT2D eigenvalue weighted by molar-refractivity contribution is 7.17. The van der Waals surface area contributed by atoms with Crippen LogP contribution in [0.25, 0.3) is 21.3 Å². The maximum absolute atomic E-state index is 12.8. The predicted octanol–water partition coefficient (Wildman–Crippen LogP) is 5.03. The molecule has 0 fully saturated rings. The molecule has 0 bridgehead atoms. The van der Waals surface area contributed by atoms with E-state index in [0.29, 0.717) is 38.3 Å². The predicted molar refractivity (Wildman–Crippen MR) is 127 cm³/mol. The Kier molecular flexibility index (Phi) is 6.38. The number of thiophene rings is 1. The fourth-order valence-electron chi connectivity index (χ4n) is 3.26. The average molecular weight is 473 g/mol. The first-order valence-corrected chi connectivity index (χ1v) is 11.0. The Morgan fingerprint density at radius 2 is 1.81 bits per heavy atom. The smallest absolute Gasteiger partial charge is 0.260 e. The number of nitrogens with one attached hydrogen (secondary N) is 2. The number of benzene rings is 2. The maximum atomic E-state index is 12.8. The zero-order chi connectivity index (χ0) is 22.0. The number of para-hydroxylation sites is 1. The van der Waals surface area contributed by atoms with Gasteiger partial charge in [0.05, 0.1) is 29.2 Å². The summed E-state index contributed by atoms with van der Waals surface area (Å²) in [5.41, 5.74) is 1.88. The van der Waals surface area contributed by atoms with Crippen molar-refractivity contribution in [3.8, 4) is 11.1 Å². The van der Waals surface area contributed by atoms with Crippen LogP contribution in [0.1, 0.15) is 5.82 Å². The maximum Gasteiger partial charge on any atom is 0.260 e. The molecule has 2 aromatic carbocycles. The SMILES string of the molecule is CN(CC(=O)Nc1ccccc1Cl)Cc1nc2scc(-c3ccccc3Cl)c2c(=O)[nH]1. The van der Waals surface area contributed by atoms with Gasteiger partial charge in [0.1, 0.15) is 10.7 Å². The van der Waals surface area contributed by atoms with E-state index in [1.165, 1.54) is 11.3 Å².